The molecule has 2 aromatic rings. The van der Waals surface area contributed by atoms with Gasteiger partial charge in [0.15, 0.2) is 0 Å². The molecule has 1 heterocycles. The van der Waals surface area contributed by atoms with E-state index in [1.54, 1.807) is 0 Å². The van der Waals surface area contributed by atoms with Crippen molar-refractivity contribution in [3.8, 4) is 0 Å². The van der Waals surface area contributed by atoms with E-state index in [9.17, 15) is 13.2 Å². The first-order valence-corrected chi connectivity index (χ1v) is 6.28. The molecule has 1 atom stereocenters. The van der Waals surface area contributed by atoms with Crippen molar-refractivity contribution in [2.75, 3.05) is 0 Å². The number of nitrogens with two attached hydrogens (primary N) is 1. The quantitative estimate of drug-likeness (QED) is 0.901. The van der Waals surface area contributed by atoms with Crippen molar-refractivity contribution in [1.82, 2.24) is 4.98 Å². The molecule has 0 saturated carbocycles. The zero-order chi connectivity index (χ0) is 14.8. The highest BCUT2D eigenvalue weighted by molar-refractivity contribution is 6.31. The highest BCUT2D eigenvalue weighted by Crippen LogP contribution is 2.32. The summed E-state index contributed by atoms with van der Waals surface area (Å²) in [7, 11) is 0. The summed E-state index contributed by atoms with van der Waals surface area (Å²) in [4.78, 5) is 3.76. The fraction of sp³-hybridized carbons (Fsp3) is 0.214. The van der Waals surface area contributed by atoms with Crippen molar-refractivity contribution < 1.29 is 13.2 Å². The van der Waals surface area contributed by atoms with Gasteiger partial charge in [-0.25, -0.2) is 0 Å². The predicted octanol–water partition coefficient (Wildman–Crippen LogP) is 4.42. The summed E-state index contributed by atoms with van der Waals surface area (Å²) in [5.74, 6) is 0. The van der Waals surface area contributed by atoms with E-state index in [0.717, 1.165) is 17.8 Å². The fourth-order valence-corrected chi connectivity index (χ4v) is 2.15. The molecule has 21 heavy (non-hydrogen) atoms. The number of benzene rings is 1. The fourth-order valence-electron chi connectivity index (χ4n) is 1.84. The molecule has 0 aliphatic carbocycles. The Labute approximate surface area is 131 Å². The van der Waals surface area contributed by atoms with Crippen LogP contribution in [0.15, 0.2) is 42.6 Å². The van der Waals surface area contributed by atoms with Gasteiger partial charge in [-0.15, -0.1) is 12.4 Å². The number of hydrogen-bond acceptors (Lipinski definition) is 2. The molecule has 2 nitrogen and oxygen atoms in total. The van der Waals surface area contributed by atoms with Gasteiger partial charge in [-0.3, -0.25) is 4.98 Å². The second-order valence-corrected chi connectivity index (χ2v) is 4.79. The molecule has 0 spiro atoms. The number of nitrogens with zero attached hydrogens (tertiary/aromatic N) is 1. The van der Waals surface area contributed by atoms with E-state index < -0.39 is 17.8 Å². The van der Waals surface area contributed by atoms with Crippen LogP contribution in [0.3, 0.4) is 0 Å². The van der Waals surface area contributed by atoms with Crippen molar-refractivity contribution in [2.24, 2.45) is 5.73 Å². The molecule has 0 bridgehead atoms. The molecular formula is C14H13Cl2F3N2. The average Bonchev–Trinajstić information content (AvgIpc) is 2.38. The Morgan fingerprint density at radius 2 is 1.81 bits per heavy atom. The van der Waals surface area contributed by atoms with Gasteiger partial charge in [-0.2, -0.15) is 13.2 Å². The molecule has 0 amide bonds. The van der Waals surface area contributed by atoms with Crippen LogP contribution in [0.25, 0.3) is 0 Å². The van der Waals surface area contributed by atoms with Gasteiger partial charge in [0.1, 0.15) is 0 Å². The van der Waals surface area contributed by atoms with E-state index in [0.29, 0.717) is 6.42 Å². The van der Waals surface area contributed by atoms with E-state index in [2.05, 4.69) is 4.98 Å². The van der Waals surface area contributed by atoms with Crippen LogP contribution < -0.4 is 5.73 Å². The van der Waals surface area contributed by atoms with Crippen LogP contribution in [0, 0.1) is 0 Å². The number of hydrogen-bond donors (Lipinski definition) is 1. The minimum Gasteiger partial charge on any atom is -0.322 e. The molecule has 1 aromatic heterocycles. The van der Waals surface area contributed by atoms with Gasteiger partial charge in [0, 0.05) is 6.20 Å². The van der Waals surface area contributed by atoms with E-state index in [1.165, 1.54) is 0 Å². The molecule has 0 radical (unpaired) electrons. The number of pyridine rings is 1. The lowest BCUT2D eigenvalue weighted by Crippen LogP contribution is -2.16. The lowest BCUT2D eigenvalue weighted by molar-refractivity contribution is -0.137. The minimum absolute atomic E-state index is 0. The van der Waals surface area contributed by atoms with Gasteiger partial charge in [-0.05, 0) is 18.1 Å². The zero-order valence-electron chi connectivity index (χ0n) is 10.8. The first-order valence-electron chi connectivity index (χ1n) is 5.90. The number of alkyl halides is 3. The largest absolute Gasteiger partial charge is 0.417 e. The summed E-state index contributed by atoms with van der Waals surface area (Å²) in [6.45, 7) is 0. The summed E-state index contributed by atoms with van der Waals surface area (Å²) >= 11 is 5.85. The molecule has 0 fully saturated rings. The lowest BCUT2D eigenvalue weighted by Gasteiger charge is -2.14. The number of halogens is 5. The van der Waals surface area contributed by atoms with Gasteiger partial charge in [0.05, 0.1) is 22.3 Å². The maximum Gasteiger partial charge on any atom is 0.417 e. The van der Waals surface area contributed by atoms with Crippen molar-refractivity contribution >= 4 is 24.0 Å². The third-order valence-electron chi connectivity index (χ3n) is 2.85. The van der Waals surface area contributed by atoms with Gasteiger partial charge < -0.3 is 5.73 Å². The van der Waals surface area contributed by atoms with Gasteiger partial charge in [-0.1, -0.05) is 41.9 Å². The lowest BCUT2D eigenvalue weighted by atomic mass is 10.0. The van der Waals surface area contributed by atoms with Crippen molar-refractivity contribution in [2.45, 2.75) is 18.6 Å². The van der Waals surface area contributed by atoms with Crippen LogP contribution in [-0.2, 0) is 12.6 Å². The minimum atomic E-state index is -4.46. The summed E-state index contributed by atoms with van der Waals surface area (Å²) in [6, 6.07) is 9.68. The Balaban J connectivity index is 0.00000220. The third-order valence-corrected chi connectivity index (χ3v) is 3.15. The van der Waals surface area contributed by atoms with Crippen LogP contribution in [0.4, 0.5) is 13.2 Å². The summed E-state index contributed by atoms with van der Waals surface area (Å²) in [5.41, 5.74) is 6.32. The maximum absolute atomic E-state index is 12.5. The van der Waals surface area contributed by atoms with E-state index in [-0.39, 0.29) is 23.1 Å². The first-order chi connectivity index (χ1) is 9.38. The van der Waals surface area contributed by atoms with E-state index in [1.807, 2.05) is 30.3 Å². The summed E-state index contributed by atoms with van der Waals surface area (Å²) < 4.78 is 37.6. The van der Waals surface area contributed by atoms with Gasteiger partial charge in [0.25, 0.3) is 0 Å². The van der Waals surface area contributed by atoms with Crippen LogP contribution in [0.1, 0.15) is 22.9 Å². The van der Waals surface area contributed by atoms with Crippen molar-refractivity contribution in [3.05, 3.63) is 64.4 Å². The molecular weight excluding hydrogens is 324 g/mol. The number of rotatable bonds is 3. The van der Waals surface area contributed by atoms with Crippen LogP contribution >= 0.6 is 24.0 Å². The van der Waals surface area contributed by atoms with Crippen molar-refractivity contribution in [3.63, 3.8) is 0 Å². The van der Waals surface area contributed by atoms with Gasteiger partial charge >= 0.3 is 6.18 Å². The molecule has 2 N–H and O–H groups in total. The second-order valence-electron chi connectivity index (χ2n) is 4.39. The highest BCUT2D eigenvalue weighted by Gasteiger charge is 2.32. The molecule has 0 saturated heterocycles. The number of aromatic nitrogens is 1. The molecule has 2 rings (SSSR count). The van der Waals surface area contributed by atoms with E-state index >= 15 is 0 Å². The first kappa shape index (κ1) is 17.8. The van der Waals surface area contributed by atoms with Crippen LogP contribution in [-0.4, -0.2) is 4.98 Å². The average molecular weight is 337 g/mol. The Morgan fingerprint density at radius 1 is 1.19 bits per heavy atom. The van der Waals surface area contributed by atoms with Crippen LogP contribution in [0.5, 0.6) is 0 Å². The van der Waals surface area contributed by atoms with Crippen LogP contribution in [0.2, 0.25) is 5.02 Å². The van der Waals surface area contributed by atoms with Gasteiger partial charge in [0.2, 0.25) is 0 Å². The Hall–Kier alpha value is -1.30. The van der Waals surface area contributed by atoms with Crippen molar-refractivity contribution in [1.29, 1.82) is 0 Å². The molecule has 0 aliphatic heterocycles. The molecule has 114 valence electrons. The SMILES string of the molecule is Cl.NC(Cc1ccccc1)c1ncc(C(F)(F)F)cc1Cl. The highest BCUT2D eigenvalue weighted by atomic mass is 35.5. The second kappa shape index (κ2) is 7.11. The van der Waals surface area contributed by atoms with E-state index in [4.69, 9.17) is 17.3 Å². The normalized spacial score (nSPS) is 12.6. The molecule has 1 unspecified atom stereocenters. The Kier molecular flexibility index (Phi) is 6.01. The summed E-state index contributed by atoms with van der Waals surface area (Å²) in [6.07, 6.45) is -3.25. The smallest absolute Gasteiger partial charge is 0.322 e. The molecule has 7 heteroatoms. The zero-order valence-corrected chi connectivity index (χ0v) is 12.3. The standard InChI is InChI=1S/C14H12ClF3N2.ClH/c15-11-7-10(14(16,17)18)8-20-13(11)12(19)6-9-4-2-1-3-5-9;/h1-5,7-8,12H,6,19H2;1H. The molecule has 0 aliphatic rings. The summed E-state index contributed by atoms with van der Waals surface area (Å²) in [5, 5.41) is -0.0664. The predicted molar refractivity (Wildman–Crippen MR) is 78.6 cm³/mol. The molecule has 1 aromatic carbocycles. The topological polar surface area (TPSA) is 38.9 Å². The monoisotopic (exact) mass is 336 g/mol. The maximum atomic E-state index is 12.5. The Bertz CT molecular complexity index is 589. The third kappa shape index (κ3) is 4.59. The Morgan fingerprint density at radius 3 is 2.33 bits per heavy atom.